The lowest BCUT2D eigenvalue weighted by Crippen LogP contribution is -2.50. The summed E-state index contributed by atoms with van der Waals surface area (Å²) in [5.41, 5.74) is 1.46. The Labute approximate surface area is 195 Å². The number of carbonyl (C=O) groups excluding carboxylic acids is 2. The van der Waals surface area contributed by atoms with Crippen molar-refractivity contribution in [2.24, 2.45) is 0 Å². The van der Waals surface area contributed by atoms with Gasteiger partial charge >= 0.3 is 6.09 Å². The molecule has 3 rings (SSSR count). The predicted molar refractivity (Wildman–Crippen MR) is 122 cm³/mol. The zero-order valence-electron chi connectivity index (χ0n) is 18.0. The molecular weight excluding hydrogens is 498 g/mol. The van der Waals surface area contributed by atoms with Crippen LogP contribution in [0.25, 0.3) is 0 Å². The Kier molecular flexibility index (Phi) is 6.36. The van der Waals surface area contributed by atoms with Crippen LogP contribution in [0.2, 0.25) is 0 Å². The van der Waals surface area contributed by atoms with Gasteiger partial charge in [0.25, 0.3) is 15.9 Å². The van der Waals surface area contributed by atoms with Crippen molar-refractivity contribution in [1.82, 2.24) is 4.72 Å². The predicted octanol–water partition coefficient (Wildman–Crippen LogP) is 3.80. The summed E-state index contributed by atoms with van der Waals surface area (Å²) < 4.78 is 33.6. The van der Waals surface area contributed by atoms with Crippen LogP contribution in [0.4, 0.5) is 10.5 Å². The number of nitrogens with zero attached hydrogens (tertiary/aromatic N) is 2. The Morgan fingerprint density at radius 1 is 1.25 bits per heavy atom. The molecule has 168 valence electrons. The van der Waals surface area contributed by atoms with Gasteiger partial charge in [0.2, 0.25) is 0 Å². The second kappa shape index (κ2) is 8.56. The molecule has 0 saturated carbocycles. The highest BCUT2D eigenvalue weighted by molar-refractivity contribution is 9.10. The summed E-state index contributed by atoms with van der Waals surface area (Å²) in [5, 5.41) is 9.11. The average molecular weight is 520 g/mol. The van der Waals surface area contributed by atoms with Gasteiger partial charge in [-0.2, -0.15) is 5.26 Å². The fourth-order valence-electron chi connectivity index (χ4n) is 3.42. The van der Waals surface area contributed by atoms with Gasteiger partial charge in [-0.05, 0) is 63.1 Å². The number of ether oxygens (including phenoxy) is 1. The number of nitriles is 1. The number of aryl methyl sites for hydroxylation is 1. The van der Waals surface area contributed by atoms with E-state index in [9.17, 15) is 18.0 Å². The van der Waals surface area contributed by atoms with E-state index in [2.05, 4.69) is 15.9 Å². The Morgan fingerprint density at radius 2 is 1.94 bits per heavy atom. The number of anilines is 1. The number of nitrogens with one attached hydrogen (secondary N) is 1. The summed E-state index contributed by atoms with van der Waals surface area (Å²) in [4.78, 5) is 27.0. The van der Waals surface area contributed by atoms with Crippen molar-refractivity contribution in [3.63, 3.8) is 0 Å². The number of benzene rings is 2. The monoisotopic (exact) mass is 519 g/mol. The number of halogens is 1. The molecule has 0 fully saturated rings. The molecule has 32 heavy (non-hydrogen) atoms. The van der Waals surface area contributed by atoms with Gasteiger partial charge in [-0.15, -0.1) is 0 Å². The van der Waals surface area contributed by atoms with Gasteiger partial charge in [0, 0.05) is 10.9 Å². The minimum atomic E-state index is -4.29. The third-order valence-corrected chi connectivity index (χ3v) is 6.58. The molecule has 0 saturated heterocycles. The van der Waals surface area contributed by atoms with Crippen LogP contribution in [-0.4, -0.2) is 32.1 Å². The third-order valence-electron chi connectivity index (χ3n) is 4.79. The Balaban J connectivity index is 1.95. The van der Waals surface area contributed by atoms with Gasteiger partial charge in [0.05, 0.1) is 22.2 Å². The minimum Gasteiger partial charge on any atom is -0.443 e. The zero-order chi connectivity index (χ0) is 23.8. The van der Waals surface area contributed by atoms with E-state index < -0.39 is 33.7 Å². The van der Waals surface area contributed by atoms with E-state index in [1.54, 1.807) is 32.9 Å². The molecule has 1 aliphatic rings. The molecule has 10 heteroatoms. The molecule has 2 aromatic rings. The summed E-state index contributed by atoms with van der Waals surface area (Å²) in [5.74, 6) is -0.870. The molecule has 0 bridgehead atoms. The summed E-state index contributed by atoms with van der Waals surface area (Å²) in [6, 6.07) is 9.98. The number of amides is 2. The van der Waals surface area contributed by atoms with Crippen molar-refractivity contribution < 1.29 is 22.7 Å². The van der Waals surface area contributed by atoms with Crippen molar-refractivity contribution in [3.8, 4) is 6.07 Å². The van der Waals surface area contributed by atoms with Crippen LogP contribution in [0.3, 0.4) is 0 Å². The van der Waals surface area contributed by atoms with Crippen molar-refractivity contribution in [1.29, 1.82) is 5.26 Å². The molecule has 1 atom stereocenters. The molecule has 1 N–H and O–H groups in total. The summed E-state index contributed by atoms with van der Waals surface area (Å²) in [7, 11) is -4.29. The molecule has 0 spiro atoms. The normalized spacial score (nSPS) is 15.6. The molecule has 1 unspecified atom stereocenters. The molecule has 1 heterocycles. The maximum atomic E-state index is 13.1. The number of fused-ring (bicyclic) bond motifs is 1. The molecule has 0 radical (unpaired) electrons. The number of sulfonamides is 1. The standard InChI is InChI=1S/C22H22BrN3O5S/c1-13-6-5-7-18-17(13)11-19(26(18)21(28)31-22(2,3)4)20(27)25-32(29,30)16-9-14(12-24)8-15(23)10-16/h5-10,19H,11H2,1-4H3,(H,25,27). The van der Waals surface area contributed by atoms with E-state index in [4.69, 9.17) is 10.00 Å². The first-order chi connectivity index (χ1) is 14.8. The summed E-state index contributed by atoms with van der Waals surface area (Å²) in [6.07, 6.45) is -0.599. The maximum absolute atomic E-state index is 13.1. The van der Waals surface area contributed by atoms with Crippen molar-refractivity contribution in [3.05, 3.63) is 57.6 Å². The molecular formula is C22H22BrN3O5S. The molecule has 2 amide bonds. The van der Waals surface area contributed by atoms with Gasteiger partial charge in [0.15, 0.2) is 0 Å². The van der Waals surface area contributed by atoms with Gasteiger partial charge in [-0.25, -0.2) is 17.9 Å². The first kappa shape index (κ1) is 23.8. The molecule has 0 aliphatic carbocycles. The number of carbonyl (C=O) groups is 2. The highest BCUT2D eigenvalue weighted by Gasteiger charge is 2.42. The lowest BCUT2D eigenvalue weighted by molar-refractivity contribution is -0.120. The summed E-state index contributed by atoms with van der Waals surface area (Å²) in [6.45, 7) is 6.97. The van der Waals surface area contributed by atoms with Crippen LogP contribution in [-0.2, 0) is 26.0 Å². The quantitative estimate of drug-likeness (QED) is 0.658. The van der Waals surface area contributed by atoms with Crippen LogP contribution < -0.4 is 9.62 Å². The van der Waals surface area contributed by atoms with E-state index in [0.29, 0.717) is 10.2 Å². The first-order valence-electron chi connectivity index (χ1n) is 9.70. The van der Waals surface area contributed by atoms with E-state index >= 15 is 0 Å². The fraction of sp³-hybridized carbons (Fsp3) is 0.318. The molecule has 0 aromatic heterocycles. The van der Waals surface area contributed by atoms with E-state index in [-0.39, 0.29) is 16.9 Å². The van der Waals surface area contributed by atoms with Gasteiger partial charge in [-0.3, -0.25) is 9.69 Å². The van der Waals surface area contributed by atoms with Gasteiger partial charge in [-0.1, -0.05) is 28.1 Å². The van der Waals surface area contributed by atoms with Crippen LogP contribution >= 0.6 is 15.9 Å². The zero-order valence-corrected chi connectivity index (χ0v) is 20.4. The van der Waals surface area contributed by atoms with E-state index in [0.717, 1.165) is 11.1 Å². The molecule has 2 aromatic carbocycles. The number of rotatable bonds is 3. The Morgan fingerprint density at radius 3 is 2.56 bits per heavy atom. The molecule has 8 nitrogen and oxygen atoms in total. The average Bonchev–Trinajstić information content (AvgIpc) is 3.07. The van der Waals surface area contributed by atoms with Crippen LogP contribution in [0.1, 0.15) is 37.5 Å². The van der Waals surface area contributed by atoms with Crippen molar-refractivity contribution >= 4 is 43.6 Å². The van der Waals surface area contributed by atoms with E-state index in [1.165, 1.54) is 23.1 Å². The minimum absolute atomic E-state index is 0.117. The highest BCUT2D eigenvalue weighted by Crippen LogP contribution is 2.36. The lowest BCUT2D eigenvalue weighted by atomic mass is 10.0. The second-order valence-electron chi connectivity index (χ2n) is 8.40. The summed E-state index contributed by atoms with van der Waals surface area (Å²) >= 11 is 3.17. The number of hydrogen-bond acceptors (Lipinski definition) is 6. The van der Waals surface area contributed by atoms with Crippen LogP contribution in [0.5, 0.6) is 0 Å². The fourth-order valence-corrected chi connectivity index (χ4v) is 5.15. The third kappa shape index (κ3) is 4.95. The lowest BCUT2D eigenvalue weighted by Gasteiger charge is -2.28. The Hall–Kier alpha value is -2.90. The van der Waals surface area contributed by atoms with Gasteiger partial charge < -0.3 is 4.74 Å². The largest absolute Gasteiger partial charge is 0.443 e. The highest BCUT2D eigenvalue weighted by atomic mass is 79.9. The van der Waals surface area contributed by atoms with Crippen LogP contribution in [0, 0.1) is 18.3 Å². The second-order valence-corrected chi connectivity index (χ2v) is 11.0. The number of hydrogen-bond donors (Lipinski definition) is 1. The smallest absolute Gasteiger partial charge is 0.415 e. The maximum Gasteiger partial charge on any atom is 0.415 e. The van der Waals surface area contributed by atoms with E-state index in [1.807, 2.05) is 23.8 Å². The van der Waals surface area contributed by atoms with Gasteiger partial charge in [0.1, 0.15) is 11.6 Å². The molecule has 1 aliphatic heterocycles. The Bertz CT molecular complexity index is 1250. The SMILES string of the molecule is Cc1cccc2c1CC(C(=O)NS(=O)(=O)c1cc(Br)cc(C#N)c1)N2C(=O)OC(C)(C)C. The van der Waals surface area contributed by atoms with Crippen molar-refractivity contribution in [2.75, 3.05) is 4.90 Å². The first-order valence-corrected chi connectivity index (χ1v) is 12.0. The van der Waals surface area contributed by atoms with Crippen LogP contribution in [0.15, 0.2) is 45.8 Å². The topological polar surface area (TPSA) is 117 Å². The van der Waals surface area contributed by atoms with Crippen molar-refractivity contribution in [2.45, 2.75) is 50.7 Å².